The minimum Gasteiger partial charge on any atom is -0.508 e. The zero-order valence-corrected chi connectivity index (χ0v) is 10.2. The van der Waals surface area contributed by atoms with E-state index in [9.17, 15) is 4.79 Å². The van der Waals surface area contributed by atoms with Crippen molar-refractivity contribution >= 4 is 22.4 Å². The molecule has 7 heteroatoms. The van der Waals surface area contributed by atoms with Crippen LogP contribution in [0.2, 0.25) is 0 Å². The molecule has 1 heterocycles. The number of amides is 1. The molecule has 1 aromatic carbocycles. The van der Waals surface area contributed by atoms with Crippen LogP contribution in [0.15, 0.2) is 29.8 Å². The number of rotatable bonds is 4. The molecule has 4 N–H and O–H groups in total. The van der Waals surface area contributed by atoms with Crippen LogP contribution in [0.1, 0.15) is 5.56 Å². The summed E-state index contributed by atoms with van der Waals surface area (Å²) < 4.78 is 0. The van der Waals surface area contributed by atoms with Gasteiger partial charge in [-0.15, -0.1) is 10.2 Å². The Bertz CT molecular complexity index is 512. The number of benzene rings is 1. The van der Waals surface area contributed by atoms with Crippen molar-refractivity contribution < 1.29 is 9.90 Å². The molecule has 2 aromatic rings. The highest BCUT2D eigenvalue weighted by atomic mass is 32.1. The number of aromatic hydroxyl groups is 1. The predicted octanol–water partition coefficient (Wildman–Crippen LogP) is 0.752. The molecule has 6 nitrogen and oxygen atoms in total. The van der Waals surface area contributed by atoms with E-state index in [4.69, 9.17) is 10.8 Å². The fourth-order valence-corrected chi connectivity index (χ4v) is 1.85. The van der Waals surface area contributed by atoms with E-state index in [1.54, 1.807) is 24.3 Å². The Hall–Kier alpha value is -1.99. The lowest BCUT2D eigenvalue weighted by Gasteiger charge is -2.10. The third-order valence-corrected chi connectivity index (χ3v) is 2.93. The first kappa shape index (κ1) is 12.5. The van der Waals surface area contributed by atoms with Gasteiger partial charge in [0.05, 0.1) is 6.04 Å². The van der Waals surface area contributed by atoms with Gasteiger partial charge in [-0.3, -0.25) is 10.1 Å². The highest BCUT2D eigenvalue weighted by molar-refractivity contribution is 7.13. The van der Waals surface area contributed by atoms with Crippen LogP contribution in [0.5, 0.6) is 5.75 Å². The predicted molar refractivity (Wildman–Crippen MR) is 68.3 cm³/mol. The maximum atomic E-state index is 11.7. The van der Waals surface area contributed by atoms with Crippen LogP contribution < -0.4 is 11.1 Å². The molecule has 18 heavy (non-hydrogen) atoms. The van der Waals surface area contributed by atoms with Crippen molar-refractivity contribution in [1.29, 1.82) is 0 Å². The second-order valence-electron chi connectivity index (χ2n) is 3.71. The normalized spacial score (nSPS) is 12.1. The zero-order chi connectivity index (χ0) is 13.0. The Labute approximate surface area is 107 Å². The average Bonchev–Trinajstić information content (AvgIpc) is 2.85. The standard InChI is InChI=1S/C11H12N4O2S/c12-9(5-7-1-3-8(16)4-2-7)10(17)14-11-15-13-6-18-11/h1-4,6,9,16H,5,12H2,(H,14,15,17)/t9-/m0/s1. The quantitative estimate of drug-likeness (QED) is 0.756. The fourth-order valence-electron chi connectivity index (χ4n) is 1.40. The van der Waals surface area contributed by atoms with Crippen molar-refractivity contribution in [3.63, 3.8) is 0 Å². The molecule has 1 atom stereocenters. The second-order valence-corrected chi connectivity index (χ2v) is 4.54. The van der Waals surface area contributed by atoms with E-state index >= 15 is 0 Å². The molecule has 0 saturated heterocycles. The van der Waals surface area contributed by atoms with E-state index in [2.05, 4.69) is 15.5 Å². The van der Waals surface area contributed by atoms with Gasteiger partial charge in [-0.1, -0.05) is 23.5 Å². The average molecular weight is 264 g/mol. The Morgan fingerprint density at radius 1 is 1.44 bits per heavy atom. The maximum Gasteiger partial charge on any atom is 0.243 e. The Kier molecular flexibility index (Phi) is 3.85. The number of phenols is 1. The number of aromatic nitrogens is 2. The third-order valence-electron chi connectivity index (χ3n) is 2.32. The largest absolute Gasteiger partial charge is 0.508 e. The number of nitrogens with one attached hydrogen (secondary N) is 1. The summed E-state index contributed by atoms with van der Waals surface area (Å²) in [5.41, 5.74) is 8.20. The van der Waals surface area contributed by atoms with Gasteiger partial charge in [-0.05, 0) is 24.1 Å². The Morgan fingerprint density at radius 3 is 2.78 bits per heavy atom. The van der Waals surface area contributed by atoms with E-state index in [0.29, 0.717) is 11.6 Å². The molecular weight excluding hydrogens is 252 g/mol. The van der Waals surface area contributed by atoms with E-state index in [0.717, 1.165) is 5.56 Å². The number of hydrogen-bond acceptors (Lipinski definition) is 6. The number of phenolic OH excluding ortho intramolecular Hbond substituents is 1. The van der Waals surface area contributed by atoms with E-state index in [1.165, 1.54) is 16.8 Å². The van der Waals surface area contributed by atoms with Crippen LogP contribution in [0.4, 0.5) is 5.13 Å². The topological polar surface area (TPSA) is 101 Å². The number of carbonyl (C=O) groups excluding carboxylic acids is 1. The molecule has 2 rings (SSSR count). The van der Waals surface area contributed by atoms with Gasteiger partial charge in [-0.25, -0.2) is 0 Å². The van der Waals surface area contributed by atoms with Gasteiger partial charge in [0.1, 0.15) is 11.3 Å². The second kappa shape index (κ2) is 5.56. The molecule has 0 bridgehead atoms. The van der Waals surface area contributed by atoms with Crippen LogP contribution in [-0.4, -0.2) is 27.3 Å². The van der Waals surface area contributed by atoms with Gasteiger partial charge in [0.2, 0.25) is 11.0 Å². The van der Waals surface area contributed by atoms with Crippen LogP contribution in [0, 0.1) is 0 Å². The summed E-state index contributed by atoms with van der Waals surface area (Å²) in [6, 6.07) is 5.91. The molecule has 0 radical (unpaired) electrons. The van der Waals surface area contributed by atoms with Crippen molar-refractivity contribution in [3.8, 4) is 5.75 Å². The fraction of sp³-hybridized carbons (Fsp3) is 0.182. The van der Waals surface area contributed by atoms with Gasteiger partial charge in [0, 0.05) is 0 Å². The SMILES string of the molecule is N[C@@H](Cc1ccc(O)cc1)C(=O)Nc1nncs1. The van der Waals surface area contributed by atoms with Crippen LogP contribution in [-0.2, 0) is 11.2 Å². The summed E-state index contributed by atoms with van der Waals surface area (Å²) in [4.78, 5) is 11.7. The van der Waals surface area contributed by atoms with Crippen LogP contribution in [0.3, 0.4) is 0 Å². The van der Waals surface area contributed by atoms with Crippen molar-refractivity contribution in [3.05, 3.63) is 35.3 Å². The molecule has 0 fully saturated rings. The first-order valence-corrected chi connectivity index (χ1v) is 6.13. The molecule has 94 valence electrons. The third kappa shape index (κ3) is 3.25. The number of anilines is 1. The van der Waals surface area contributed by atoms with Gasteiger partial charge in [-0.2, -0.15) is 0 Å². The van der Waals surface area contributed by atoms with Gasteiger partial charge in [0.15, 0.2) is 0 Å². The van der Waals surface area contributed by atoms with E-state index in [1.807, 2.05) is 0 Å². The van der Waals surface area contributed by atoms with Crippen molar-refractivity contribution in [2.24, 2.45) is 5.73 Å². The summed E-state index contributed by atoms with van der Waals surface area (Å²) in [5.74, 6) is -0.120. The van der Waals surface area contributed by atoms with Crippen LogP contribution >= 0.6 is 11.3 Å². The summed E-state index contributed by atoms with van der Waals surface area (Å²) in [6.45, 7) is 0. The van der Waals surface area contributed by atoms with E-state index in [-0.39, 0.29) is 11.7 Å². The van der Waals surface area contributed by atoms with Gasteiger partial charge < -0.3 is 10.8 Å². The van der Waals surface area contributed by atoms with Crippen molar-refractivity contribution in [1.82, 2.24) is 10.2 Å². The highest BCUT2D eigenvalue weighted by Crippen LogP contribution is 2.12. The molecule has 1 amide bonds. The molecule has 1 aromatic heterocycles. The van der Waals surface area contributed by atoms with Crippen molar-refractivity contribution in [2.75, 3.05) is 5.32 Å². The molecule has 0 aliphatic carbocycles. The summed E-state index contributed by atoms with van der Waals surface area (Å²) in [5, 5.41) is 19.5. The first-order valence-electron chi connectivity index (χ1n) is 5.25. The molecule has 0 saturated carbocycles. The van der Waals surface area contributed by atoms with E-state index < -0.39 is 6.04 Å². The molecular formula is C11H12N4O2S. The lowest BCUT2D eigenvalue weighted by Crippen LogP contribution is -2.37. The Morgan fingerprint density at radius 2 is 2.17 bits per heavy atom. The highest BCUT2D eigenvalue weighted by Gasteiger charge is 2.15. The molecule has 0 unspecified atom stereocenters. The Balaban J connectivity index is 1.93. The summed E-state index contributed by atoms with van der Waals surface area (Å²) in [6.07, 6.45) is 0.394. The number of carbonyl (C=O) groups is 1. The number of nitrogens with zero attached hydrogens (tertiary/aromatic N) is 2. The monoisotopic (exact) mass is 264 g/mol. The number of hydrogen-bond donors (Lipinski definition) is 3. The zero-order valence-electron chi connectivity index (χ0n) is 9.41. The minimum atomic E-state index is -0.668. The summed E-state index contributed by atoms with van der Waals surface area (Å²) >= 11 is 1.23. The first-order chi connectivity index (χ1) is 8.65. The van der Waals surface area contributed by atoms with Crippen molar-refractivity contribution in [2.45, 2.75) is 12.5 Å². The molecule has 0 spiro atoms. The van der Waals surface area contributed by atoms with Crippen LogP contribution in [0.25, 0.3) is 0 Å². The minimum absolute atomic E-state index is 0.186. The lowest BCUT2D eigenvalue weighted by molar-refractivity contribution is -0.117. The molecule has 0 aliphatic rings. The number of nitrogens with two attached hydrogens (primary N) is 1. The lowest BCUT2D eigenvalue weighted by atomic mass is 10.1. The molecule has 0 aliphatic heterocycles. The smallest absolute Gasteiger partial charge is 0.243 e. The van der Waals surface area contributed by atoms with Gasteiger partial charge >= 0.3 is 0 Å². The maximum absolute atomic E-state index is 11.7. The summed E-state index contributed by atoms with van der Waals surface area (Å²) in [7, 11) is 0. The van der Waals surface area contributed by atoms with Gasteiger partial charge in [0.25, 0.3) is 0 Å².